The molecule has 0 fully saturated rings. The zero-order chi connectivity index (χ0) is 13.0. The van der Waals surface area contributed by atoms with Crippen molar-refractivity contribution in [2.45, 2.75) is 32.4 Å². The molecular weight excluding hydrogens is 339 g/mol. The first-order valence-electron chi connectivity index (χ1n) is 6.13. The van der Waals surface area contributed by atoms with Crippen LogP contribution in [0, 0.1) is 3.57 Å². The topological polar surface area (TPSA) is 38.0 Å². The minimum atomic E-state index is -0.487. The van der Waals surface area contributed by atoms with E-state index in [4.69, 9.17) is 0 Å². The van der Waals surface area contributed by atoms with Gasteiger partial charge in [0.05, 0.1) is 24.3 Å². The Kier molecular flexibility index (Phi) is 4.77. The number of aliphatic hydroxyl groups is 1. The van der Waals surface area contributed by atoms with Gasteiger partial charge in [0.1, 0.15) is 0 Å². The van der Waals surface area contributed by atoms with E-state index in [0.29, 0.717) is 6.42 Å². The lowest BCUT2D eigenvalue weighted by molar-refractivity contribution is 0.168. The van der Waals surface area contributed by atoms with E-state index in [1.165, 1.54) is 3.57 Å². The molecule has 0 aliphatic rings. The quantitative estimate of drug-likeness (QED) is 0.836. The van der Waals surface area contributed by atoms with Gasteiger partial charge in [-0.1, -0.05) is 19.1 Å². The summed E-state index contributed by atoms with van der Waals surface area (Å²) in [5.41, 5.74) is 2.04. The van der Waals surface area contributed by atoms with Crippen LogP contribution in [0.2, 0.25) is 0 Å². The average molecular weight is 356 g/mol. The molecule has 1 N–H and O–H groups in total. The predicted molar refractivity (Wildman–Crippen MR) is 80.3 cm³/mol. The van der Waals surface area contributed by atoms with Crippen LogP contribution >= 0.6 is 22.6 Å². The van der Waals surface area contributed by atoms with Crippen LogP contribution in [-0.2, 0) is 13.0 Å². The number of benzene rings is 1. The van der Waals surface area contributed by atoms with E-state index < -0.39 is 6.10 Å². The number of rotatable bonds is 5. The molecule has 0 radical (unpaired) electrons. The number of hydrogen-bond acceptors (Lipinski definition) is 2. The minimum Gasteiger partial charge on any atom is -0.386 e. The third-order valence-corrected chi connectivity index (χ3v) is 3.61. The molecule has 18 heavy (non-hydrogen) atoms. The number of nitrogens with zero attached hydrogens (tertiary/aromatic N) is 2. The summed E-state index contributed by atoms with van der Waals surface area (Å²) in [5, 5.41) is 10.3. The molecule has 3 nitrogen and oxygen atoms in total. The molecule has 0 bridgehead atoms. The first-order chi connectivity index (χ1) is 8.70. The van der Waals surface area contributed by atoms with E-state index in [2.05, 4.69) is 58.8 Å². The number of aromatic nitrogens is 2. The molecule has 96 valence electrons. The summed E-state index contributed by atoms with van der Waals surface area (Å²) < 4.78 is 3.24. The summed E-state index contributed by atoms with van der Waals surface area (Å²) in [5.74, 6) is 0. The minimum absolute atomic E-state index is 0.487. The van der Waals surface area contributed by atoms with Gasteiger partial charge in [0.25, 0.3) is 0 Å². The molecule has 1 atom stereocenters. The maximum absolute atomic E-state index is 10.3. The smallest absolute Gasteiger partial charge is 0.0995 e. The fraction of sp³-hybridized carbons (Fsp3) is 0.357. The van der Waals surface area contributed by atoms with Crippen LogP contribution in [0.25, 0.3) is 0 Å². The van der Waals surface area contributed by atoms with Crippen molar-refractivity contribution in [3.05, 3.63) is 51.6 Å². The summed E-state index contributed by atoms with van der Waals surface area (Å²) >= 11 is 2.28. The normalized spacial score (nSPS) is 12.6. The van der Waals surface area contributed by atoms with Crippen LogP contribution in [0.1, 0.15) is 30.7 Å². The highest BCUT2D eigenvalue weighted by Crippen LogP contribution is 2.19. The molecule has 0 spiro atoms. The fourth-order valence-corrected chi connectivity index (χ4v) is 2.34. The zero-order valence-corrected chi connectivity index (χ0v) is 12.5. The molecule has 0 aliphatic heterocycles. The van der Waals surface area contributed by atoms with Crippen LogP contribution < -0.4 is 0 Å². The van der Waals surface area contributed by atoms with Crippen molar-refractivity contribution >= 4 is 22.6 Å². The molecule has 2 aromatic rings. The zero-order valence-electron chi connectivity index (χ0n) is 10.4. The molecule has 1 aromatic heterocycles. The van der Waals surface area contributed by atoms with Crippen LogP contribution in [0.5, 0.6) is 0 Å². The molecule has 4 heteroatoms. The Morgan fingerprint density at radius 2 is 2.06 bits per heavy atom. The second-order valence-corrected chi connectivity index (χ2v) is 5.60. The van der Waals surface area contributed by atoms with E-state index in [9.17, 15) is 5.11 Å². The van der Waals surface area contributed by atoms with Crippen molar-refractivity contribution in [2.24, 2.45) is 0 Å². The second-order valence-electron chi connectivity index (χ2n) is 4.36. The van der Waals surface area contributed by atoms with Gasteiger partial charge >= 0.3 is 0 Å². The molecule has 2 rings (SSSR count). The monoisotopic (exact) mass is 356 g/mol. The molecule has 0 saturated heterocycles. The lowest BCUT2D eigenvalue weighted by Crippen LogP contribution is -2.09. The Balaban J connectivity index is 2.09. The van der Waals surface area contributed by atoms with Gasteiger partial charge in [-0.25, -0.2) is 4.98 Å². The van der Waals surface area contributed by atoms with Crippen molar-refractivity contribution in [1.82, 2.24) is 9.55 Å². The average Bonchev–Trinajstić information content (AvgIpc) is 2.81. The molecular formula is C14H17IN2O. The summed E-state index contributed by atoms with van der Waals surface area (Å²) in [6, 6.07) is 8.24. The van der Waals surface area contributed by atoms with Crippen LogP contribution in [0.4, 0.5) is 0 Å². The van der Waals surface area contributed by atoms with E-state index in [0.717, 1.165) is 24.2 Å². The van der Waals surface area contributed by atoms with E-state index >= 15 is 0 Å². The Morgan fingerprint density at radius 1 is 1.33 bits per heavy atom. The summed E-state index contributed by atoms with van der Waals surface area (Å²) in [6.45, 7) is 3.02. The number of aliphatic hydroxyl groups excluding tert-OH is 1. The Hall–Kier alpha value is -0.880. The van der Waals surface area contributed by atoms with Gasteiger partial charge in [-0.3, -0.25) is 0 Å². The molecule has 0 saturated carbocycles. The van der Waals surface area contributed by atoms with E-state index in [-0.39, 0.29) is 0 Å². The maximum atomic E-state index is 10.3. The SMILES string of the molecule is CCCn1cncc1C(O)Cc1ccc(I)cc1. The number of hydrogen-bond donors (Lipinski definition) is 1. The fourth-order valence-electron chi connectivity index (χ4n) is 1.98. The van der Waals surface area contributed by atoms with Crippen LogP contribution in [0.3, 0.4) is 0 Å². The summed E-state index contributed by atoms with van der Waals surface area (Å²) in [6.07, 6.45) is 4.73. The largest absolute Gasteiger partial charge is 0.386 e. The van der Waals surface area contributed by atoms with Crippen molar-refractivity contribution in [3.63, 3.8) is 0 Å². The van der Waals surface area contributed by atoms with Crippen LogP contribution in [-0.4, -0.2) is 14.7 Å². The Labute approximate surface area is 121 Å². The summed E-state index contributed by atoms with van der Waals surface area (Å²) in [4.78, 5) is 4.12. The molecule has 0 aliphatic carbocycles. The number of imidazole rings is 1. The molecule has 1 unspecified atom stereocenters. The third kappa shape index (κ3) is 3.32. The molecule has 1 heterocycles. The van der Waals surface area contributed by atoms with Gasteiger partial charge in [0.15, 0.2) is 0 Å². The van der Waals surface area contributed by atoms with Gasteiger partial charge < -0.3 is 9.67 Å². The van der Waals surface area contributed by atoms with Gasteiger partial charge in [-0.2, -0.15) is 0 Å². The summed E-state index contributed by atoms with van der Waals surface area (Å²) in [7, 11) is 0. The van der Waals surface area contributed by atoms with Crippen LogP contribution in [0.15, 0.2) is 36.8 Å². The Bertz CT molecular complexity index is 493. The highest BCUT2D eigenvalue weighted by molar-refractivity contribution is 14.1. The van der Waals surface area contributed by atoms with Crippen molar-refractivity contribution in [3.8, 4) is 0 Å². The number of aryl methyl sites for hydroxylation is 1. The van der Waals surface area contributed by atoms with E-state index in [1.54, 1.807) is 12.5 Å². The second kappa shape index (κ2) is 6.33. The van der Waals surface area contributed by atoms with Crippen molar-refractivity contribution < 1.29 is 5.11 Å². The molecule has 0 amide bonds. The highest BCUT2D eigenvalue weighted by atomic mass is 127. The number of halogens is 1. The standard InChI is InChI=1S/C14H17IN2O/c1-2-7-17-10-16-9-13(17)14(18)8-11-3-5-12(15)6-4-11/h3-6,9-10,14,18H,2,7-8H2,1H3. The van der Waals surface area contributed by atoms with Crippen molar-refractivity contribution in [2.75, 3.05) is 0 Å². The first kappa shape index (κ1) is 13.5. The highest BCUT2D eigenvalue weighted by Gasteiger charge is 2.13. The third-order valence-electron chi connectivity index (χ3n) is 2.89. The van der Waals surface area contributed by atoms with E-state index in [1.807, 2.05) is 4.57 Å². The van der Waals surface area contributed by atoms with Gasteiger partial charge in [-0.15, -0.1) is 0 Å². The maximum Gasteiger partial charge on any atom is 0.0995 e. The Morgan fingerprint density at radius 3 is 2.72 bits per heavy atom. The lowest BCUT2D eigenvalue weighted by atomic mass is 10.1. The predicted octanol–water partition coefficient (Wildman–Crippen LogP) is 3.17. The van der Waals surface area contributed by atoms with Gasteiger partial charge in [0, 0.05) is 16.5 Å². The first-order valence-corrected chi connectivity index (χ1v) is 7.21. The van der Waals surface area contributed by atoms with Crippen molar-refractivity contribution in [1.29, 1.82) is 0 Å². The lowest BCUT2D eigenvalue weighted by Gasteiger charge is -2.13. The molecule has 1 aromatic carbocycles. The van der Waals surface area contributed by atoms with Gasteiger partial charge in [0.2, 0.25) is 0 Å². The van der Waals surface area contributed by atoms with Gasteiger partial charge in [-0.05, 0) is 46.7 Å².